The van der Waals surface area contributed by atoms with Gasteiger partial charge in [-0.15, -0.1) is 23.1 Å². The molecule has 6 heteroatoms. The Hall–Kier alpha value is -1.27. The minimum Gasteiger partial charge on any atom is -0.466 e. The summed E-state index contributed by atoms with van der Waals surface area (Å²) < 4.78 is 5.43. The number of furan rings is 1. The second-order valence-electron chi connectivity index (χ2n) is 4.11. The van der Waals surface area contributed by atoms with Crippen LogP contribution in [0.3, 0.4) is 0 Å². The number of nitrogens with zero attached hydrogens (tertiary/aromatic N) is 2. The van der Waals surface area contributed by atoms with Crippen molar-refractivity contribution < 1.29 is 9.21 Å². The Balaban J connectivity index is 2.00. The average molecular weight is 280 g/mol. The highest BCUT2D eigenvalue weighted by atomic mass is 32.2. The van der Waals surface area contributed by atoms with Crippen molar-refractivity contribution in [2.45, 2.75) is 24.5 Å². The molecule has 1 aliphatic heterocycles. The number of thiazole rings is 1. The molecule has 0 radical (unpaired) electrons. The molecule has 1 amide bonds. The summed E-state index contributed by atoms with van der Waals surface area (Å²) in [6, 6.07) is 3.74. The number of aromatic nitrogens is 1. The topological polar surface area (TPSA) is 46.3 Å². The monoisotopic (exact) mass is 280 g/mol. The van der Waals surface area contributed by atoms with Crippen molar-refractivity contribution in [2.75, 3.05) is 4.90 Å². The molecular formula is C12H12N2O2S2. The number of hydrogen-bond acceptors (Lipinski definition) is 5. The number of hydrogen-bond donors (Lipinski definition) is 0. The molecule has 1 aliphatic rings. The van der Waals surface area contributed by atoms with Gasteiger partial charge in [-0.1, -0.05) is 0 Å². The van der Waals surface area contributed by atoms with Crippen LogP contribution < -0.4 is 4.90 Å². The van der Waals surface area contributed by atoms with E-state index in [1.54, 1.807) is 29.1 Å². The third-order valence-electron chi connectivity index (χ3n) is 2.75. The van der Waals surface area contributed by atoms with Gasteiger partial charge in [0.15, 0.2) is 5.13 Å². The van der Waals surface area contributed by atoms with E-state index in [2.05, 4.69) is 4.98 Å². The van der Waals surface area contributed by atoms with Gasteiger partial charge in [-0.05, 0) is 26.0 Å². The molecule has 0 aliphatic carbocycles. The Bertz CT molecular complexity index is 564. The molecule has 2 aromatic rings. The van der Waals surface area contributed by atoms with Crippen molar-refractivity contribution in [1.29, 1.82) is 0 Å². The van der Waals surface area contributed by atoms with Gasteiger partial charge in [0.05, 0.1) is 11.5 Å². The average Bonchev–Trinajstić information content (AvgIpc) is 3.02. The van der Waals surface area contributed by atoms with Crippen LogP contribution in [0.15, 0.2) is 29.0 Å². The summed E-state index contributed by atoms with van der Waals surface area (Å²) in [5, 5.41) is 0.577. The second-order valence-corrected chi connectivity index (χ2v) is 6.75. The first kappa shape index (κ1) is 11.8. The van der Waals surface area contributed by atoms with E-state index in [1.165, 1.54) is 11.3 Å². The van der Waals surface area contributed by atoms with E-state index in [0.29, 0.717) is 0 Å². The first-order chi connectivity index (χ1) is 8.66. The summed E-state index contributed by atoms with van der Waals surface area (Å²) >= 11 is 3.12. The molecule has 0 saturated carbocycles. The Morgan fingerprint density at radius 2 is 2.33 bits per heavy atom. The lowest BCUT2D eigenvalue weighted by molar-refractivity contribution is -0.117. The van der Waals surface area contributed by atoms with Gasteiger partial charge in [0.2, 0.25) is 5.91 Å². The second kappa shape index (κ2) is 4.44. The summed E-state index contributed by atoms with van der Waals surface area (Å²) in [5.41, 5.74) is 0. The maximum atomic E-state index is 12.3. The molecule has 18 heavy (non-hydrogen) atoms. The maximum Gasteiger partial charge on any atom is 0.243 e. The minimum absolute atomic E-state index is 0.0655. The van der Waals surface area contributed by atoms with Crippen molar-refractivity contribution >= 4 is 34.1 Å². The molecule has 3 rings (SSSR count). The van der Waals surface area contributed by atoms with Gasteiger partial charge in [0.25, 0.3) is 0 Å². The van der Waals surface area contributed by atoms with E-state index < -0.39 is 0 Å². The molecule has 3 heterocycles. The largest absolute Gasteiger partial charge is 0.466 e. The van der Waals surface area contributed by atoms with Crippen LogP contribution in [0.25, 0.3) is 0 Å². The molecule has 1 saturated heterocycles. The van der Waals surface area contributed by atoms with Gasteiger partial charge in [0, 0.05) is 11.1 Å². The van der Waals surface area contributed by atoms with Crippen molar-refractivity contribution in [2.24, 2.45) is 0 Å². The zero-order chi connectivity index (χ0) is 12.7. The van der Waals surface area contributed by atoms with Crippen molar-refractivity contribution in [1.82, 2.24) is 4.98 Å². The zero-order valence-electron chi connectivity index (χ0n) is 9.99. The van der Waals surface area contributed by atoms with E-state index in [1.807, 2.05) is 26.0 Å². The van der Waals surface area contributed by atoms with Crippen LogP contribution in [0.2, 0.25) is 0 Å². The van der Waals surface area contributed by atoms with Gasteiger partial charge in [-0.3, -0.25) is 9.69 Å². The van der Waals surface area contributed by atoms with Crippen LogP contribution in [-0.4, -0.2) is 16.1 Å². The van der Waals surface area contributed by atoms with E-state index in [9.17, 15) is 4.79 Å². The molecule has 1 fully saturated rings. The van der Waals surface area contributed by atoms with Gasteiger partial charge in [-0.2, -0.15) is 0 Å². The number of thioether (sulfide) groups is 1. The number of aryl methyl sites for hydroxylation is 1. The lowest BCUT2D eigenvalue weighted by atomic mass is 10.3. The predicted molar refractivity (Wildman–Crippen MR) is 72.8 cm³/mol. The van der Waals surface area contributed by atoms with E-state index in [4.69, 9.17) is 4.42 Å². The first-order valence-electron chi connectivity index (χ1n) is 5.61. The highest BCUT2D eigenvalue weighted by Gasteiger charge is 2.42. The standard InChI is InChI=1S/C12H12N2O2S2/c1-7-6-13-12(17-7)14-10(15)8(2)18-11(14)9-4-3-5-16-9/h3-6,8,11H,1-2H3/t8-,11+/m0/s1. The molecule has 0 N–H and O–H groups in total. The molecule has 0 bridgehead atoms. The molecule has 2 aromatic heterocycles. The number of amides is 1. The molecule has 0 spiro atoms. The Labute approximate surface area is 113 Å². The summed E-state index contributed by atoms with van der Waals surface area (Å²) in [7, 11) is 0. The quantitative estimate of drug-likeness (QED) is 0.847. The van der Waals surface area contributed by atoms with Crippen LogP contribution in [0.5, 0.6) is 0 Å². The van der Waals surface area contributed by atoms with Crippen LogP contribution in [0.1, 0.15) is 22.9 Å². The van der Waals surface area contributed by atoms with Gasteiger partial charge < -0.3 is 4.42 Å². The predicted octanol–water partition coefficient (Wildman–Crippen LogP) is 3.21. The fourth-order valence-corrected chi connectivity index (χ4v) is 3.97. The Kier molecular flexibility index (Phi) is 2.91. The number of carbonyl (C=O) groups excluding carboxylic acids is 1. The highest BCUT2D eigenvalue weighted by Crippen LogP contribution is 2.46. The number of anilines is 1. The summed E-state index contributed by atoms with van der Waals surface area (Å²) in [6.45, 7) is 3.91. The molecule has 0 aromatic carbocycles. The lowest BCUT2D eigenvalue weighted by Gasteiger charge is -2.18. The third-order valence-corrected chi connectivity index (χ3v) is 4.98. The SMILES string of the molecule is Cc1cnc(N2C(=O)[C@H](C)S[C@@H]2c2ccco2)s1. The molecule has 0 unspecified atom stereocenters. The smallest absolute Gasteiger partial charge is 0.243 e. The first-order valence-corrected chi connectivity index (χ1v) is 7.37. The Morgan fingerprint density at radius 1 is 1.50 bits per heavy atom. The van der Waals surface area contributed by atoms with E-state index in [-0.39, 0.29) is 16.5 Å². The van der Waals surface area contributed by atoms with Gasteiger partial charge >= 0.3 is 0 Å². The summed E-state index contributed by atoms with van der Waals surface area (Å²) in [5.74, 6) is 0.890. The fourth-order valence-electron chi connectivity index (χ4n) is 1.90. The van der Waals surface area contributed by atoms with Gasteiger partial charge in [0.1, 0.15) is 11.1 Å². The normalized spacial score (nSPS) is 23.9. The molecule has 94 valence electrons. The summed E-state index contributed by atoms with van der Waals surface area (Å²) in [6.07, 6.45) is 3.43. The molecule has 2 atom stereocenters. The maximum absolute atomic E-state index is 12.3. The van der Waals surface area contributed by atoms with Crippen molar-refractivity contribution in [3.63, 3.8) is 0 Å². The lowest BCUT2D eigenvalue weighted by Crippen LogP contribution is -2.29. The number of rotatable bonds is 2. The van der Waals surface area contributed by atoms with E-state index in [0.717, 1.165) is 15.8 Å². The van der Waals surface area contributed by atoms with Crippen molar-refractivity contribution in [3.8, 4) is 0 Å². The fraction of sp³-hybridized carbons (Fsp3) is 0.333. The highest BCUT2D eigenvalue weighted by molar-refractivity contribution is 8.01. The van der Waals surface area contributed by atoms with Crippen LogP contribution in [-0.2, 0) is 4.79 Å². The van der Waals surface area contributed by atoms with E-state index >= 15 is 0 Å². The molecular weight excluding hydrogens is 268 g/mol. The molecule has 4 nitrogen and oxygen atoms in total. The van der Waals surface area contributed by atoms with Gasteiger partial charge in [-0.25, -0.2) is 4.98 Å². The van der Waals surface area contributed by atoms with Crippen LogP contribution in [0, 0.1) is 6.92 Å². The van der Waals surface area contributed by atoms with Crippen molar-refractivity contribution in [3.05, 3.63) is 35.2 Å². The minimum atomic E-state index is -0.104. The Morgan fingerprint density at radius 3 is 2.94 bits per heavy atom. The summed E-state index contributed by atoms with van der Waals surface area (Å²) in [4.78, 5) is 19.4. The number of carbonyl (C=O) groups is 1. The van der Waals surface area contributed by atoms with Crippen LogP contribution >= 0.6 is 23.1 Å². The van der Waals surface area contributed by atoms with Crippen LogP contribution in [0.4, 0.5) is 5.13 Å². The third kappa shape index (κ3) is 1.85. The zero-order valence-corrected chi connectivity index (χ0v) is 11.6.